The predicted octanol–water partition coefficient (Wildman–Crippen LogP) is 1.80. The van der Waals surface area contributed by atoms with Crippen LogP contribution in [0.15, 0.2) is 12.1 Å². The van der Waals surface area contributed by atoms with E-state index in [1.165, 1.54) is 0 Å². The van der Waals surface area contributed by atoms with Gasteiger partial charge in [0.15, 0.2) is 11.6 Å². The molecule has 0 heterocycles. The highest BCUT2D eigenvalue weighted by molar-refractivity contribution is 5.52. The van der Waals surface area contributed by atoms with Crippen molar-refractivity contribution in [2.75, 3.05) is 5.73 Å². The number of alkyl halides is 3. The number of aliphatic hydroxyl groups excluding tert-OH is 1. The van der Waals surface area contributed by atoms with E-state index in [4.69, 9.17) is 10.8 Å². The third-order valence-corrected chi connectivity index (χ3v) is 1.63. The molecule has 0 fully saturated rings. The summed E-state index contributed by atoms with van der Waals surface area (Å²) in [6.07, 6.45) is -4.98. The Morgan fingerprint density at radius 3 is 2.40 bits per heavy atom. The Morgan fingerprint density at radius 2 is 1.93 bits per heavy atom. The summed E-state index contributed by atoms with van der Waals surface area (Å²) in [6.45, 7) is -0.560. The average molecular weight is 225 g/mol. The molecule has 0 unspecified atom stereocenters. The van der Waals surface area contributed by atoms with Crippen LogP contribution in [0.3, 0.4) is 0 Å². The standard InChI is InChI=1S/C8H7F4NO2/c9-6-5(15-8(10,11)12)2-1-4(3-14)7(6)13/h1-2,14H,3,13H2. The van der Waals surface area contributed by atoms with Gasteiger partial charge >= 0.3 is 6.36 Å². The maximum Gasteiger partial charge on any atom is 0.573 e. The van der Waals surface area contributed by atoms with Gasteiger partial charge in [-0.05, 0) is 6.07 Å². The van der Waals surface area contributed by atoms with Crippen LogP contribution >= 0.6 is 0 Å². The molecule has 0 aliphatic heterocycles. The summed E-state index contributed by atoms with van der Waals surface area (Å²) in [5, 5.41) is 8.66. The molecule has 7 heteroatoms. The van der Waals surface area contributed by atoms with E-state index in [-0.39, 0.29) is 5.56 Å². The van der Waals surface area contributed by atoms with Crippen molar-refractivity contribution in [3.05, 3.63) is 23.5 Å². The van der Waals surface area contributed by atoms with Gasteiger partial charge in [-0.2, -0.15) is 0 Å². The van der Waals surface area contributed by atoms with Gasteiger partial charge in [0.05, 0.1) is 12.3 Å². The molecule has 0 saturated carbocycles. The monoisotopic (exact) mass is 225 g/mol. The fourth-order valence-electron chi connectivity index (χ4n) is 0.954. The molecule has 0 bridgehead atoms. The topological polar surface area (TPSA) is 55.5 Å². The zero-order valence-corrected chi connectivity index (χ0v) is 7.31. The molecule has 0 saturated heterocycles. The highest BCUT2D eigenvalue weighted by atomic mass is 19.4. The number of benzene rings is 1. The normalized spacial score (nSPS) is 11.5. The second kappa shape index (κ2) is 3.93. The molecule has 0 aliphatic carbocycles. The van der Waals surface area contributed by atoms with Crippen molar-refractivity contribution in [3.63, 3.8) is 0 Å². The summed E-state index contributed by atoms with van der Waals surface area (Å²) in [4.78, 5) is 0. The Hall–Kier alpha value is -1.50. The summed E-state index contributed by atoms with van der Waals surface area (Å²) in [6, 6.07) is 1.81. The SMILES string of the molecule is Nc1c(CO)ccc(OC(F)(F)F)c1F. The van der Waals surface area contributed by atoms with Crippen LogP contribution in [-0.4, -0.2) is 11.5 Å². The quantitative estimate of drug-likeness (QED) is 0.596. The molecule has 0 spiro atoms. The van der Waals surface area contributed by atoms with Crippen molar-refractivity contribution < 1.29 is 27.4 Å². The van der Waals surface area contributed by atoms with E-state index >= 15 is 0 Å². The van der Waals surface area contributed by atoms with Gasteiger partial charge in [-0.3, -0.25) is 0 Å². The number of aliphatic hydroxyl groups is 1. The van der Waals surface area contributed by atoms with Gasteiger partial charge in [0, 0.05) is 5.56 Å². The van der Waals surface area contributed by atoms with Crippen molar-refractivity contribution in [1.29, 1.82) is 0 Å². The lowest BCUT2D eigenvalue weighted by Gasteiger charge is -2.12. The van der Waals surface area contributed by atoms with Gasteiger partial charge in [0.1, 0.15) is 0 Å². The summed E-state index contributed by atoms with van der Waals surface area (Å²) < 4.78 is 51.8. The number of hydrogen-bond donors (Lipinski definition) is 2. The number of ether oxygens (including phenoxy) is 1. The van der Waals surface area contributed by atoms with Gasteiger partial charge in [-0.15, -0.1) is 13.2 Å². The summed E-state index contributed by atoms with van der Waals surface area (Å²) in [7, 11) is 0. The first-order valence-corrected chi connectivity index (χ1v) is 3.78. The van der Waals surface area contributed by atoms with E-state index in [1.54, 1.807) is 0 Å². The van der Waals surface area contributed by atoms with Crippen molar-refractivity contribution in [1.82, 2.24) is 0 Å². The Morgan fingerprint density at radius 1 is 1.33 bits per heavy atom. The molecule has 0 amide bonds. The summed E-state index contributed by atoms with van der Waals surface area (Å²) >= 11 is 0. The van der Waals surface area contributed by atoms with Crippen LogP contribution in [0.25, 0.3) is 0 Å². The third-order valence-electron chi connectivity index (χ3n) is 1.63. The van der Waals surface area contributed by atoms with Crippen molar-refractivity contribution >= 4 is 5.69 Å². The molecule has 1 aromatic carbocycles. The minimum atomic E-state index is -4.98. The maximum atomic E-state index is 13.1. The molecular weight excluding hydrogens is 218 g/mol. The van der Waals surface area contributed by atoms with E-state index in [2.05, 4.69) is 4.74 Å². The maximum absolute atomic E-state index is 13.1. The van der Waals surface area contributed by atoms with E-state index in [0.717, 1.165) is 12.1 Å². The molecule has 1 aromatic rings. The Balaban J connectivity index is 3.07. The number of rotatable bonds is 2. The van der Waals surface area contributed by atoms with Gasteiger partial charge in [0.25, 0.3) is 0 Å². The van der Waals surface area contributed by atoms with Crippen LogP contribution < -0.4 is 10.5 Å². The Labute approximate surface area is 82.1 Å². The van der Waals surface area contributed by atoms with Crippen LogP contribution in [0.4, 0.5) is 23.2 Å². The second-order valence-electron chi connectivity index (χ2n) is 2.66. The fraction of sp³-hybridized carbons (Fsp3) is 0.250. The molecule has 3 N–H and O–H groups in total. The number of nitrogens with two attached hydrogens (primary N) is 1. The second-order valence-corrected chi connectivity index (χ2v) is 2.66. The first kappa shape index (κ1) is 11.6. The van der Waals surface area contributed by atoms with E-state index < -0.39 is 30.2 Å². The summed E-state index contributed by atoms with van der Waals surface area (Å²) in [5.41, 5.74) is 4.58. The third kappa shape index (κ3) is 2.72. The van der Waals surface area contributed by atoms with Gasteiger partial charge in [-0.25, -0.2) is 4.39 Å². The number of halogens is 4. The van der Waals surface area contributed by atoms with Crippen LogP contribution in [0, 0.1) is 5.82 Å². The zero-order chi connectivity index (χ0) is 11.6. The van der Waals surface area contributed by atoms with Gasteiger partial charge in [-0.1, -0.05) is 6.07 Å². The lowest BCUT2D eigenvalue weighted by Crippen LogP contribution is -2.18. The average Bonchev–Trinajstić information content (AvgIpc) is 2.11. The van der Waals surface area contributed by atoms with Crippen molar-refractivity contribution in [2.45, 2.75) is 13.0 Å². The molecule has 1 rings (SSSR count). The molecule has 15 heavy (non-hydrogen) atoms. The lowest BCUT2D eigenvalue weighted by atomic mass is 10.2. The Bertz CT molecular complexity index is 364. The predicted molar refractivity (Wildman–Crippen MR) is 43.4 cm³/mol. The fourth-order valence-corrected chi connectivity index (χ4v) is 0.954. The van der Waals surface area contributed by atoms with Crippen LogP contribution in [0.5, 0.6) is 5.75 Å². The van der Waals surface area contributed by atoms with E-state index in [0.29, 0.717) is 0 Å². The largest absolute Gasteiger partial charge is 0.573 e. The smallest absolute Gasteiger partial charge is 0.403 e. The summed E-state index contributed by atoms with van der Waals surface area (Å²) in [5.74, 6) is -2.35. The Kier molecular flexibility index (Phi) is 3.04. The highest BCUT2D eigenvalue weighted by Crippen LogP contribution is 2.30. The molecule has 0 aliphatic rings. The highest BCUT2D eigenvalue weighted by Gasteiger charge is 2.32. The molecule has 0 radical (unpaired) electrons. The molecular formula is C8H7F4NO2. The zero-order valence-electron chi connectivity index (χ0n) is 7.31. The molecule has 0 atom stereocenters. The number of nitrogen functional groups attached to an aromatic ring is 1. The van der Waals surface area contributed by atoms with Crippen molar-refractivity contribution in [3.8, 4) is 5.75 Å². The van der Waals surface area contributed by atoms with E-state index in [9.17, 15) is 17.6 Å². The van der Waals surface area contributed by atoms with Gasteiger partial charge < -0.3 is 15.6 Å². The molecule has 84 valence electrons. The van der Waals surface area contributed by atoms with E-state index in [1.807, 2.05) is 0 Å². The van der Waals surface area contributed by atoms with Crippen LogP contribution in [-0.2, 0) is 6.61 Å². The molecule has 3 nitrogen and oxygen atoms in total. The molecule has 0 aromatic heterocycles. The minimum absolute atomic E-state index is 0.00187. The first-order chi connectivity index (χ1) is 6.85. The van der Waals surface area contributed by atoms with Crippen LogP contribution in [0.1, 0.15) is 5.56 Å². The van der Waals surface area contributed by atoms with Crippen LogP contribution in [0.2, 0.25) is 0 Å². The first-order valence-electron chi connectivity index (χ1n) is 3.78. The number of hydrogen-bond acceptors (Lipinski definition) is 3. The lowest BCUT2D eigenvalue weighted by molar-refractivity contribution is -0.275. The number of anilines is 1. The minimum Gasteiger partial charge on any atom is -0.403 e. The van der Waals surface area contributed by atoms with Crippen molar-refractivity contribution in [2.24, 2.45) is 0 Å². The van der Waals surface area contributed by atoms with Gasteiger partial charge in [0.2, 0.25) is 0 Å².